The summed E-state index contributed by atoms with van der Waals surface area (Å²) in [5.74, 6) is -1.40. The first-order chi connectivity index (χ1) is 9.60. The Bertz CT molecular complexity index is 552. The number of hydrogen-bond acceptors (Lipinski definition) is 2. The van der Waals surface area contributed by atoms with Crippen LogP contribution in [0.25, 0.3) is 0 Å². The quantitative estimate of drug-likeness (QED) is 0.864. The highest BCUT2D eigenvalue weighted by atomic mass is 79.9. The van der Waals surface area contributed by atoms with E-state index < -0.39 is 31.1 Å². The highest BCUT2D eigenvalue weighted by Crippen LogP contribution is 2.23. The topological polar surface area (TPSA) is 49.4 Å². The molecule has 116 valence electrons. The summed E-state index contributed by atoms with van der Waals surface area (Å²) in [6.45, 7) is -1.91. The number of nitrogens with zero attached hydrogens (tertiary/aromatic N) is 1. The minimum Gasteiger partial charge on any atom is -0.345 e. The zero-order chi connectivity index (χ0) is 16.2. The number of carbonyl (C=O) groups is 2. The van der Waals surface area contributed by atoms with Crippen LogP contribution in [0.1, 0.15) is 10.4 Å². The minimum absolute atomic E-state index is 0.261. The van der Waals surface area contributed by atoms with Gasteiger partial charge in [0.15, 0.2) is 0 Å². The zero-order valence-corrected chi connectivity index (χ0v) is 13.1. The van der Waals surface area contributed by atoms with E-state index in [4.69, 9.17) is 11.6 Å². The fourth-order valence-electron chi connectivity index (χ4n) is 1.39. The van der Waals surface area contributed by atoms with E-state index >= 15 is 0 Å². The van der Waals surface area contributed by atoms with Gasteiger partial charge in [-0.25, -0.2) is 0 Å². The standard InChI is InChI=1S/C12H11BrClF3N2O2/c1-19(5-10(20)18-6-12(15,16)17)11(21)7-2-3-9(14)8(13)4-7/h2-4H,5-6H2,1H3,(H,18,20). The maximum atomic E-state index is 12.0. The van der Waals surface area contributed by atoms with Crippen LogP contribution in [0.2, 0.25) is 5.02 Å². The molecule has 0 saturated carbocycles. The SMILES string of the molecule is CN(CC(=O)NCC(F)(F)F)C(=O)c1ccc(Cl)c(Br)c1. The van der Waals surface area contributed by atoms with Crippen LogP contribution in [-0.2, 0) is 4.79 Å². The van der Waals surface area contributed by atoms with Crippen molar-refractivity contribution in [3.63, 3.8) is 0 Å². The van der Waals surface area contributed by atoms with Crippen LogP contribution in [0.5, 0.6) is 0 Å². The van der Waals surface area contributed by atoms with Crippen molar-refractivity contribution in [2.45, 2.75) is 6.18 Å². The Balaban J connectivity index is 2.62. The largest absolute Gasteiger partial charge is 0.405 e. The van der Waals surface area contributed by atoms with E-state index in [1.54, 1.807) is 5.32 Å². The van der Waals surface area contributed by atoms with Crippen LogP contribution < -0.4 is 5.32 Å². The van der Waals surface area contributed by atoms with E-state index in [0.29, 0.717) is 9.50 Å². The van der Waals surface area contributed by atoms with Gasteiger partial charge >= 0.3 is 6.18 Å². The van der Waals surface area contributed by atoms with E-state index in [0.717, 1.165) is 4.90 Å². The number of rotatable bonds is 4. The molecule has 0 atom stereocenters. The van der Waals surface area contributed by atoms with Crippen molar-refractivity contribution < 1.29 is 22.8 Å². The van der Waals surface area contributed by atoms with E-state index in [9.17, 15) is 22.8 Å². The number of benzene rings is 1. The molecule has 0 aliphatic rings. The molecule has 1 rings (SSSR count). The Morgan fingerprint density at radius 3 is 2.52 bits per heavy atom. The van der Waals surface area contributed by atoms with Gasteiger partial charge in [-0.2, -0.15) is 13.2 Å². The normalized spacial score (nSPS) is 11.1. The molecule has 21 heavy (non-hydrogen) atoms. The summed E-state index contributed by atoms with van der Waals surface area (Å²) in [4.78, 5) is 24.3. The average Bonchev–Trinajstić information content (AvgIpc) is 2.38. The Kier molecular flexibility index (Phi) is 6.03. The zero-order valence-electron chi connectivity index (χ0n) is 10.8. The summed E-state index contributed by atoms with van der Waals surface area (Å²) >= 11 is 8.94. The van der Waals surface area contributed by atoms with Crippen molar-refractivity contribution in [2.24, 2.45) is 0 Å². The molecule has 0 unspecified atom stereocenters. The van der Waals surface area contributed by atoms with Crippen LogP contribution in [-0.4, -0.2) is 43.0 Å². The van der Waals surface area contributed by atoms with Gasteiger partial charge in [0.2, 0.25) is 5.91 Å². The molecule has 0 heterocycles. The Morgan fingerprint density at radius 2 is 2.00 bits per heavy atom. The summed E-state index contributed by atoms with van der Waals surface area (Å²) in [7, 11) is 1.32. The van der Waals surface area contributed by atoms with Crippen molar-refractivity contribution in [1.82, 2.24) is 10.2 Å². The average molecular weight is 388 g/mol. The fraction of sp³-hybridized carbons (Fsp3) is 0.333. The van der Waals surface area contributed by atoms with Gasteiger partial charge in [0.1, 0.15) is 6.54 Å². The predicted molar refractivity (Wildman–Crippen MR) is 75.2 cm³/mol. The molecule has 0 aliphatic carbocycles. The van der Waals surface area contributed by atoms with Gasteiger partial charge < -0.3 is 10.2 Å². The second-order valence-electron chi connectivity index (χ2n) is 4.18. The fourth-order valence-corrected chi connectivity index (χ4v) is 1.89. The molecular formula is C12H11BrClF3N2O2. The number of amides is 2. The van der Waals surface area contributed by atoms with Crippen LogP contribution >= 0.6 is 27.5 Å². The summed E-state index contributed by atoms with van der Waals surface area (Å²) in [6.07, 6.45) is -4.49. The van der Waals surface area contributed by atoms with Crippen molar-refractivity contribution in [1.29, 1.82) is 0 Å². The van der Waals surface area contributed by atoms with Gasteiger partial charge in [-0.1, -0.05) is 11.6 Å². The van der Waals surface area contributed by atoms with Crippen molar-refractivity contribution in [3.05, 3.63) is 33.3 Å². The first kappa shape index (κ1) is 17.8. The monoisotopic (exact) mass is 386 g/mol. The lowest BCUT2D eigenvalue weighted by atomic mass is 10.2. The molecule has 0 bridgehead atoms. The van der Waals surface area contributed by atoms with Crippen molar-refractivity contribution in [3.8, 4) is 0 Å². The summed E-state index contributed by atoms with van der Waals surface area (Å²) < 4.78 is 36.3. The number of alkyl halides is 3. The highest BCUT2D eigenvalue weighted by Gasteiger charge is 2.28. The van der Waals surface area contributed by atoms with E-state index in [1.807, 2.05) is 0 Å². The second-order valence-corrected chi connectivity index (χ2v) is 5.44. The molecule has 0 aromatic heterocycles. The Morgan fingerprint density at radius 1 is 1.38 bits per heavy atom. The van der Waals surface area contributed by atoms with E-state index in [2.05, 4.69) is 15.9 Å². The van der Waals surface area contributed by atoms with Gasteiger partial charge in [-0.15, -0.1) is 0 Å². The van der Waals surface area contributed by atoms with Gasteiger partial charge in [-0.3, -0.25) is 9.59 Å². The first-order valence-electron chi connectivity index (χ1n) is 5.64. The first-order valence-corrected chi connectivity index (χ1v) is 6.81. The van der Waals surface area contributed by atoms with Crippen LogP contribution in [0.4, 0.5) is 13.2 Å². The highest BCUT2D eigenvalue weighted by molar-refractivity contribution is 9.10. The molecule has 0 radical (unpaired) electrons. The molecule has 9 heteroatoms. The summed E-state index contributed by atoms with van der Waals surface area (Å²) in [6, 6.07) is 4.42. The molecule has 0 aliphatic heterocycles. The van der Waals surface area contributed by atoms with Gasteiger partial charge in [0.05, 0.1) is 11.6 Å². The maximum Gasteiger partial charge on any atom is 0.405 e. The molecule has 2 amide bonds. The van der Waals surface area contributed by atoms with E-state index in [-0.39, 0.29) is 5.56 Å². The molecule has 0 fully saturated rings. The third-order valence-corrected chi connectivity index (χ3v) is 3.59. The third-order valence-electron chi connectivity index (χ3n) is 2.38. The Labute approximate surface area is 132 Å². The summed E-state index contributed by atoms with van der Waals surface area (Å²) in [5.41, 5.74) is 0.261. The number of halogens is 5. The second kappa shape index (κ2) is 7.13. The Hall–Kier alpha value is -1.28. The maximum absolute atomic E-state index is 12.0. The van der Waals surface area contributed by atoms with Gasteiger partial charge in [-0.05, 0) is 34.1 Å². The van der Waals surface area contributed by atoms with Crippen molar-refractivity contribution in [2.75, 3.05) is 20.1 Å². The van der Waals surface area contributed by atoms with Gasteiger partial charge in [0, 0.05) is 17.1 Å². The summed E-state index contributed by atoms with van der Waals surface area (Å²) in [5, 5.41) is 2.11. The van der Waals surface area contributed by atoms with Crippen LogP contribution in [0.15, 0.2) is 22.7 Å². The third kappa shape index (κ3) is 5.92. The lowest BCUT2D eigenvalue weighted by Crippen LogP contribution is -2.41. The minimum atomic E-state index is -4.49. The number of hydrogen-bond donors (Lipinski definition) is 1. The van der Waals surface area contributed by atoms with Crippen LogP contribution in [0, 0.1) is 0 Å². The lowest BCUT2D eigenvalue weighted by Gasteiger charge is -2.17. The van der Waals surface area contributed by atoms with Crippen molar-refractivity contribution >= 4 is 39.3 Å². The number of likely N-dealkylation sites (N-methyl/N-ethyl adjacent to an activating group) is 1. The molecule has 4 nitrogen and oxygen atoms in total. The number of nitrogens with one attached hydrogen (secondary N) is 1. The predicted octanol–water partition coefficient (Wildman–Crippen LogP) is 2.85. The van der Waals surface area contributed by atoms with Gasteiger partial charge in [0.25, 0.3) is 5.91 Å². The van der Waals surface area contributed by atoms with Crippen LogP contribution in [0.3, 0.4) is 0 Å². The molecule has 1 aromatic carbocycles. The molecular weight excluding hydrogens is 376 g/mol. The molecule has 0 saturated heterocycles. The van der Waals surface area contributed by atoms with E-state index in [1.165, 1.54) is 25.2 Å². The lowest BCUT2D eigenvalue weighted by molar-refractivity contribution is -0.138. The molecule has 1 aromatic rings. The smallest absolute Gasteiger partial charge is 0.345 e. The number of carbonyl (C=O) groups excluding carboxylic acids is 2. The molecule has 0 spiro atoms. The molecule has 1 N–H and O–H groups in total.